The van der Waals surface area contributed by atoms with Gasteiger partial charge < -0.3 is 15.2 Å². The lowest BCUT2D eigenvalue weighted by atomic mass is 9.49. The molecule has 5 rings (SSSR count). The van der Waals surface area contributed by atoms with Crippen molar-refractivity contribution in [2.75, 3.05) is 20.6 Å². The van der Waals surface area contributed by atoms with Crippen molar-refractivity contribution in [3.05, 3.63) is 11.7 Å². The maximum absolute atomic E-state index is 6.31. The second-order valence-electron chi connectivity index (χ2n) is 9.06. The van der Waals surface area contributed by atoms with Gasteiger partial charge >= 0.3 is 0 Å². The van der Waals surface area contributed by atoms with Crippen LogP contribution in [-0.4, -0.2) is 35.7 Å². The monoisotopic (exact) mass is 332 g/mol. The van der Waals surface area contributed by atoms with Crippen molar-refractivity contribution in [3.63, 3.8) is 0 Å². The summed E-state index contributed by atoms with van der Waals surface area (Å²) in [4.78, 5) is 7.01. The molecule has 0 aromatic carbocycles. The van der Waals surface area contributed by atoms with Crippen LogP contribution in [0.3, 0.4) is 0 Å². The summed E-state index contributed by atoms with van der Waals surface area (Å²) in [6, 6.07) is -0.109. The fourth-order valence-electron chi connectivity index (χ4n) is 5.90. The van der Waals surface area contributed by atoms with Gasteiger partial charge in [-0.3, -0.25) is 0 Å². The van der Waals surface area contributed by atoms with Gasteiger partial charge in [-0.15, -0.1) is 0 Å². The summed E-state index contributed by atoms with van der Waals surface area (Å²) in [5, 5.41) is 4.41. The zero-order valence-electron chi connectivity index (χ0n) is 15.2. The number of hydrogen-bond acceptors (Lipinski definition) is 5. The Labute approximate surface area is 145 Å². The maximum Gasteiger partial charge on any atom is 0.243 e. The molecule has 0 aliphatic heterocycles. The number of rotatable bonds is 7. The lowest BCUT2D eigenvalue weighted by Gasteiger charge is -2.55. The molecule has 2 N–H and O–H groups in total. The van der Waals surface area contributed by atoms with Crippen LogP contribution in [0.1, 0.15) is 75.5 Å². The van der Waals surface area contributed by atoms with E-state index in [2.05, 4.69) is 24.2 Å². The molecule has 24 heavy (non-hydrogen) atoms. The summed E-state index contributed by atoms with van der Waals surface area (Å²) in [5.74, 6) is 4.33. The summed E-state index contributed by atoms with van der Waals surface area (Å²) >= 11 is 0. The quantitative estimate of drug-likeness (QED) is 0.776. The summed E-state index contributed by atoms with van der Waals surface area (Å²) in [6.45, 7) is 1.11. The van der Waals surface area contributed by atoms with E-state index in [4.69, 9.17) is 15.2 Å². The summed E-state index contributed by atoms with van der Waals surface area (Å²) in [6.07, 6.45) is 11.3. The van der Waals surface area contributed by atoms with Crippen LogP contribution >= 0.6 is 0 Å². The van der Waals surface area contributed by atoms with Crippen LogP contribution in [0.25, 0.3) is 0 Å². The molecule has 0 spiro atoms. The number of unbranched alkanes of at least 4 members (excludes halogenated alkanes) is 1. The van der Waals surface area contributed by atoms with Gasteiger partial charge in [0.2, 0.25) is 5.89 Å². The molecule has 0 saturated heterocycles. The van der Waals surface area contributed by atoms with E-state index in [0.29, 0.717) is 5.89 Å². The van der Waals surface area contributed by atoms with E-state index in [1.54, 1.807) is 0 Å². The van der Waals surface area contributed by atoms with Gasteiger partial charge in [0, 0.05) is 5.41 Å². The van der Waals surface area contributed by atoms with Gasteiger partial charge in [-0.05, 0) is 89.8 Å². The molecule has 5 heteroatoms. The highest BCUT2D eigenvalue weighted by Crippen LogP contribution is 2.60. The minimum Gasteiger partial charge on any atom is -0.338 e. The summed E-state index contributed by atoms with van der Waals surface area (Å²) < 4.78 is 5.60. The number of nitrogens with zero attached hydrogens (tertiary/aromatic N) is 3. The first kappa shape index (κ1) is 16.5. The molecular formula is C19H32N4O. The molecule has 4 bridgehead atoms. The fraction of sp³-hybridized carbons (Fsp3) is 0.895. The highest BCUT2D eigenvalue weighted by Gasteiger charge is 2.53. The summed E-state index contributed by atoms with van der Waals surface area (Å²) in [5.41, 5.74) is 6.52. The highest BCUT2D eigenvalue weighted by molar-refractivity contribution is 5.16. The van der Waals surface area contributed by atoms with E-state index in [0.717, 1.165) is 49.4 Å². The average molecular weight is 332 g/mol. The first-order chi connectivity index (χ1) is 11.5. The van der Waals surface area contributed by atoms with Gasteiger partial charge in [0.15, 0.2) is 5.82 Å². The maximum atomic E-state index is 6.31. The Morgan fingerprint density at radius 2 is 1.75 bits per heavy atom. The van der Waals surface area contributed by atoms with Crippen LogP contribution in [0.5, 0.6) is 0 Å². The van der Waals surface area contributed by atoms with Gasteiger partial charge in [0.25, 0.3) is 0 Å². The minimum absolute atomic E-state index is 0.109. The standard InChI is InChI=1S/C19H32N4O/c1-23(2)6-4-3-5-16(20)17-21-18(22-24-17)19-10-13-7-14(11-19)9-15(8-13)12-19/h13-16H,3-12,20H2,1-2H3. The van der Waals surface area contributed by atoms with Gasteiger partial charge in [0.1, 0.15) is 0 Å². The van der Waals surface area contributed by atoms with Crippen molar-refractivity contribution in [2.24, 2.45) is 23.5 Å². The molecule has 4 saturated carbocycles. The van der Waals surface area contributed by atoms with Crippen LogP contribution in [-0.2, 0) is 5.41 Å². The zero-order valence-corrected chi connectivity index (χ0v) is 15.2. The molecule has 1 aromatic rings. The second kappa shape index (κ2) is 6.41. The van der Waals surface area contributed by atoms with E-state index >= 15 is 0 Å². The van der Waals surface area contributed by atoms with Crippen LogP contribution in [0.2, 0.25) is 0 Å². The Bertz CT molecular complexity index is 532. The van der Waals surface area contributed by atoms with Gasteiger partial charge in [-0.1, -0.05) is 11.6 Å². The van der Waals surface area contributed by atoms with Crippen molar-refractivity contribution in [3.8, 4) is 0 Å². The summed E-state index contributed by atoms with van der Waals surface area (Å²) in [7, 11) is 4.21. The van der Waals surface area contributed by atoms with Crippen molar-refractivity contribution < 1.29 is 4.52 Å². The average Bonchev–Trinajstić information content (AvgIpc) is 3.00. The molecule has 1 atom stereocenters. The molecule has 1 heterocycles. The number of hydrogen-bond donors (Lipinski definition) is 1. The largest absolute Gasteiger partial charge is 0.338 e. The SMILES string of the molecule is CN(C)CCCCC(N)c1nc(C23CC4CC(CC(C4)C2)C3)no1. The number of nitrogens with two attached hydrogens (primary N) is 1. The Morgan fingerprint density at radius 3 is 2.33 bits per heavy atom. The van der Waals surface area contributed by atoms with Crippen molar-refractivity contribution in [1.82, 2.24) is 15.0 Å². The third-order valence-corrected chi connectivity index (χ3v) is 6.64. The first-order valence-electron chi connectivity index (χ1n) is 9.78. The predicted molar refractivity (Wildman–Crippen MR) is 93.5 cm³/mol. The van der Waals surface area contributed by atoms with Crippen LogP contribution in [0, 0.1) is 17.8 Å². The van der Waals surface area contributed by atoms with Gasteiger partial charge in [-0.25, -0.2) is 0 Å². The second-order valence-corrected chi connectivity index (χ2v) is 9.06. The highest BCUT2D eigenvalue weighted by atomic mass is 16.5. The molecule has 1 aromatic heterocycles. The smallest absolute Gasteiger partial charge is 0.243 e. The first-order valence-corrected chi connectivity index (χ1v) is 9.78. The van der Waals surface area contributed by atoms with E-state index < -0.39 is 0 Å². The number of aromatic nitrogens is 2. The molecule has 0 radical (unpaired) electrons. The minimum atomic E-state index is -0.109. The third-order valence-electron chi connectivity index (χ3n) is 6.64. The van der Waals surface area contributed by atoms with Crippen molar-refractivity contribution >= 4 is 0 Å². The van der Waals surface area contributed by atoms with Crippen molar-refractivity contribution in [1.29, 1.82) is 0 Å². The third kappa shape index (κ3) is 3.13. The van der Waals surface area contributed by atoms with E-state index in [1.165, 1.54) is 38.5 Å². The van der Waals surface area contributed by atoms with Gasteiger partial charge in [-0.2, -0.15) is 4.98 Å². The topological polar surface area (TPSA) is 68.2 Å². The predicted octanol–water partition coefficient (Wildman–Crippen LogP) is 3.27. The lowest BCUT2D eigenvalue weighted by molar-refractivity contribution is -0.0103. The Kier molecular flexibility index (Phi) is 4.42. The molecule has 1 unspecified atom stereocenters. The Hall–Kier alpha value is -0.940. The molecule has 5 nitrogen and oxygen atoms in total. The van der Waals surface area contributed by atoms with Crippen LogP contribution in [0.4, 0.5) is 0 Å². The molecule has 134 valence electrons. The Morgan fingerprint density at radius 1 is 1.12 bits per heavy atom. The lowest BCUT2D eigenvalue weighted by Crippen LogP contribution is -2.49. The van der Waals surface area contributed by atoms with Crippen LogP contribution < -0.4 is 5.73 Å². The van der Waals surface area contributed by atoms with E-state index in [-0.39, 0.29) is 11.5 Å². The van der Waals surface area contributed by atoms with E-state index in [1.807, 2.05) is 0 Å². The van der Waals surface area contributed by atoms with Gasteiger partial charge in [0.05, 0.1) is 6.04 Å². The normalized spacial score (nSPS) is 35.8. The fourth-order valence-corrected chi connectivity index (χ4v) is 5.90. The molecule has 4 fully saturated rings. The molecule has 4 aliphatic rings. The zero-order chi connectivity index (χ0) is 16.7. The van der Waals surface area contributed by atoms with Crippen LogP contribution in [0.15, 0.2) is 4.52 Å². The molecular weight excluding hydrogens is 300 g/mol. The van der Waals surface area contributed by atoms with E-state index in [9.17, 15) is 0 Å². The van der Waals surface area contributed by atoms with Crippen molar-refractivity contribution in [2.45, 2.75) is 69.2 Å². The molecule has 4 aliphatic carbocycles. The molecule has 0 amide bonds. The Balaban J connectivity index is 1.40.